The topological polar surface area (TPSA) is 104 Å². The Morgan fingerprint density at radius 1 is 1.40 bits per heavy atom. The molecule has 0 aliphatic rings. The van der Waals surface area contributed by atoms with Gasteiger partial charge in [0, 0.05) is 26.5 Å². The van der Waals surface area contributed by atoms with E-state index < -0.39 is 10.0 Å². The van der Waals surface area contributed by atoms with Crippen molar-refractivity contribution in [3.63, 3.8) is 0 Å². The number of benzene rings is 1. The molecule has 2 rings (SSSR count). The second kappa shape index (κ2) is 5.51. The molecule has 7 nitrogen and oxygen atoms in total. The Labute approximate surface area is 117 Å². The molecule has 0 aliphatic heterocycles. The smallest absolute Gasteiger partial charge is 0.242 e. The van der Waals surface area contributed by atoms with Crippen LogP contribution in [0, 0.1) is 0 Å². The number of hydrogen-bond acceptors (Lipinski definition) is 5. The normalized spacial score (nSPS) is 11.8. The van der Waals surface area contributed by atoms with Crippen molar-refractivity contribution in [3.05, 3.63) is 36.4 Å². The summed E-state index contributed by atoms with van der Waals surface area (Å²) < 4.78 is 25.1. The average Bonchev–Trinajstić information content (AvgIpc) is 2.90. The Balaban J connectivity index is 2.18. The second-order valence-corrected chi connectivity index (χ2v) is 6.58. The van der Waals surface area contributed by atoms with Gasteiger partial charge >= 0.3 is 0 Å². The van der Waals surface area contributed by atoms with E-state index >= 15 is 0 Å². The van der Waals surface area contributed by atoms with Crippen molar-refractivity contribution in [1.82, 2.24) is 14.3 Å². The van der Waals surface area contributed by atoms with Gasteiger partial charge in [-0.25, -0.2) is 17.7 Å². The second-order valence-electron chi connectivity index (χ2n) is 4.43. The first kappa shape index (κ1) is 14.4. The van der Waals surface area contributed by atoms with Crippen molar-refractivity contribution in [3.8, 4) is 0 Å². The lowest BCUT2D eigenvalue weighted by molar-refractivity contribution is 0.521. The SMILES string of the molecule is CN(C)S(=O)(=O)c1ccc(NCc2ncc[nH]2)c(N)c1. The summed E-state index contributed by atoms with van der Waals surface area (Å²) in [4.78, 5) is 7.21. The number of sulfonamides is 1. The third kappa shape index (κ3) is 2.91. The summed E-state index contributed by atoms with van der Waals surface area (Å²) >= 11 is 0. The zero-order valence-corrected chi connectivity index (χ0v) is 12.1. The molecule has 4 N–H and O–H groups in total. The third-order valence-electron chi connectivity index (χ3n) is 2.80. The van der Waals surface area contributed by atoms with Crippen molar-refractivity contribution in [1.29, 1.82) is 0 Å². The molecule has 0 bridgehead atoms. The van der Waals surface area contributed by atoms with Crippen LogP contribution in [0.15, 0.2) is 35.5 Å². The van der Waals surface area contributed by atoms with Crippen LogP contribution in [-0.2, 0) is 16.6 Å². The number of imidazole rings is 1. The Hall–Kier alpha value is -2.06. The largest absolute Gasteiger partial charge is 0.397 e. The number of nitrogens with two attached hydrogens (primary N) is 1. The van der Waals surface area contributed by atoms with Gasteiger partial charge in [-0.05, 0) is 18.2 Å². The first-order chi connectivity index (χ1) is 9.41. The van der Waals surface area contributed by atoms with E-state index in [2.05, 4.69) is 15.3 Å². The third-order valence-corrected chi connectivity index (χ3v) is 4.61. The van der Waals surface area contributed by atoms with E-state index in [-0.39, 0.29) is 4.90 Å². The molecular weight excluding hydrogens is 278 g/mol. The van der Waals surface area contributed by atoms with Crippen molar-refractivity contribution >= 4 is 21.4 Å². The molecular formula is C12H17N5O2S. The Bertz CT molecular complexity index is 680. The first-order valence-corrected chi connectivity index (χ1v) is 7.39. The summed E-state index contributed by atoms with van der Waals surface area (Å²) in [7, 11) is -0.506. The summed E-state index contributed by atoms with van der Waals surface area (Å²) in [6.07, 6.45) is 3.39. The lowest BCUT2D eigenvalue weighted by Crippen LogP contribution is -2.22. The minimum Gasteiger partial charge on any atom is -0.397 e. The van der Waals surface area contributed by atoms with Crippen LogP contribution < -0.4 is 11.1 Å². The quantitative estimate of drug-likeness (QED) is 0.710. The lowest BCUT2D eigenvalue weighted by atomic mass is 10.2. The number of nitrogens with zero attached hydrogens (tertiary/aromatic N) is 2. The highest BCUT2D eigenvalue weighted by molar-refractivity contribution is 7.89. The number of rotatable bonds is 5. The van der Waals surface area contributed by atoms with Crippen molar-refractivity contribution in [2.24, 2.45) is 0 Å². The highest BCUT2D eigenvalue weighted by Crippen LogP contribution is 2.24. The van der Waals surface area contributed by atoms with E-state index in [1.807, 2.05) is 0 Å². The fraction of sp³-hybridized carbons (Fsp3) is 0.250. The van der Waals surface area contributed by atoms with Crippen LogP contribution in [0.1, 0.15) is 5.82 Å². The molecule has 0 atom stereocenters. The van der Waals surface area contributed by atoms with Crippen LogP contribution in [0.5, 0.6) is 0 Å². The molecule has 0 saturated heterocycles. The van der Waals surface area contributed by atoms with Gasteiger partial charge < -0.3 is 16.0 Å². The monoisotopic (exact) mass is 295 g/mol. The lowest BCUT2D eigenvalue weighted by Gasteiger charge is -2.14. The van der Waals surface area contributed by atoms with Gasteiger partial charge in [0.05, 0.1) is 22.8 Å². The van der Waals surface area contributed by atoms with Crippen molar-refractivity contribution in [2.45, 2.75) is 11.4 Å². The van der Waals surface area contributed by atoms with E-state index in [0.29, 0.717) is 17.9 Å². The van der Waals surface area contributed by atoms with Crippen LogP contribution in [0.2, 0.25) is 0 Å². The maximum absolute atomic E-state index is 12.0. The summed E-state index contributed by atoms with van der Waals surface area (Å²) in [6, 6.07) is 4.62. The molecule has 1 aromatic heterocycles. The van der Waals surface area contributed by atoms with Crippen LogP contribution in [0.3, 0.4) is 0 Å². The average molecular weight is 295 g/mol. The highest BCUT2D eigenvalue weighted by atomic mass is 32.2. The minimum absolute atomic E-state index is 0.170. The molecule has 1 heterocycles. The van der Waals surface area contributed by atoms with Gasteiger partial charge in [-0.15, -0.1) is 0 Å². The van der Waals surface area contributed by atoms with Gasteiger partial charge in [0.15, 0.2) is 0 Å². The number of H-pyrrole nitrogens is 1. The van der Waals surface area contributed by atoms with Crippen LogP contribution in [-0.4, -0.2) is 36.8 Å². The van der Waals surface area contributed by atoms with Crippen molar-refractivity contribution in [2.75, 3.05) is 25.1 Å². The summed E-state index contributed by atoms with van der Waals surface area (Å²) in [6.45, 7) is 0.483. The van der Waals surface area contributed by atoms with Crippen LogP contribution in [0.25, 0.3) is 0 Å². The molecule has 1 aromatic carbocycles. The van der Waals surface area contributed by atoms with Gasteiger partial charge in [-0.2, -0.15) is 0 Å². The fourth-order valence-electron chi connectivity index (χ4n) is 1.65. The number of nitrogens with one attached hydrogen (secondary N) is 2. The van der Waals surface area contributed by atoms with Gasteiger partial charge in [0.1, 0.15) is 5.82 Å². The van der Waals surface area contributed by atoms with Gasteiger partial charge in [-0.3, -0.25) is 0 Å². The molecule has 108 valence electrons. The number of anilines is 2. The minimum atomic E-state index is -3.47. The standard InChI is InChI=1S/C12H17N5O2S/c1-17(2)20(18,19)9-3-4-11(10(13)7-9)16-8-12-14-5-6-15-12/h3-7,16H,8,13H2,1-2H3,(H,14,15). The fourth-order valence-corrected chi connectivity index (χ4v) is 2.58. The van der Waals surface area contributed by atoms with Crippen LogP contribution in [0.4, 0.5) is 11.4 Å². The molecule has 20 heavy (non-hydrogen) atoms. The van der Waals surface area contributed by atoms with E-state index in [9.17, 15) is 8.42 Å². The molecule has 0 radical (unpaired) electrons. The molecule has 2 aromatic rings. The van der Waals surface area contributed by atoms with E-state index in [1.54, 1.807) is 18.5 Å². The highest BCUT2D eigenvalue weighted by Gasteiger charge is 2.18. The number of nitrogen functional groups attached to an aromatic ring is 1. The number of hydrogen-bond donors (Lipinski definition) is 3. The maximum atomic E-state index is 12.0. The number of aromatic amines is 1. The van der Waals surface area contributed by atoms with E-state index in [4.69, 9.17) is 5.73 Å². The van der Waals surface area contributed by atoms with Gasteiger partial charge in [0.25, 0.3) is 0 Å². The van der Waals surface area contributed by atoms with Crippen LogP contribution >= 0.6 is 0 Å². The van der Waals surface area contributed by atoms with Gasteiger partial charge in [0.2, 0.25) is 10.0 Å². The first-order valence-electron chi connectivity index (χ1n) is 5.95. The Morgan fingerprint density at radius 3 is 2.70 bits per heavy atom. The van der Waals surface area contributed by atoms with E-state index in [0.717, 1.165) is 10.1 Å². The summed E-state index contributed by atoms with van der Waals surface area (Å²) in [5, 5.41) is 3.10. The maximum Gasteiger partial charge on any atom is 0.242 e. The zero-order chi connectivity index (χ0) is 14.8. The molecule has 8 heteroatoms. The molecule has 0 spiro atoms. The predicted molar refractivity (Wildman–Crippen MR) is 77.6 cm³/mol. The molecule has 0 unspecified atom stereocenters. The molecule has 0 amide bonds. The molecule has 0 saturated carbocycles. The zero-order valence-electron chi connectivity index (χ0n) is 11.3. The Kier molecular flexibility index (Phi) is 3.96. The van der Waals surface area contributed by atoms with E-state index in [1.165, 1.54) is 26.2 Å². The molecule has 0 aliphatic carbocycles. The van der Waals surface area contributed by atoms with Gasteiger partial charge in [-0.1, -0.05) is 0 Å². The van der Waals surface area contributed by atoms with Crippen molar-refractivity contribution < 1.29 is 8.42 Å². The summed E-state index contributed by atoms with van der Waals surface area (Å²) in [5.74, 6) is 0.773. The number of aromatic nitrogens is 2. The predicted octanol–water partition coefficient (Wildman–Crippen LogP) is 0.854. The summed E-state index contributed by atoms with van der Waals surface area (Å²) in [5.41, 5.74) is 6.92. The molecule has 0 fully saturated rings. The Morgan fingerprint density at radius 2 is 2.15 bits per heavy atom.